The number of rotatable bonds is 8. The van der Waals surface area contributed by atoms with Crippen LogP contribution in [-0.2, 0) is 23.1 Å². The Morgan fingerprint density at radius 1 is 1.05 bits per heavy atom. The van der Waals surface area contributed by atoms with Crippen molar-refractivity contribution in [2.45, 2.75) is 31.1 Å². The summed E-state index contributed by atoms with van der Waals surface area (Å²) in [5, 5.41) is 1.76. The van der Waals surface area contributed by atoms with E-state index in [0.29, 0.717) is 10.8 Å². The molecule has 0 aliphatic rings. The van der Waals surface area contributed by atoms with Crippen molar-refractivity contribution in [3.8, 4) is 0 Å². The van der Waals surface area contributed by atoms with Crippen molar-refractivity contribution in [1.29, 1.82) is 0 Å². The van der Waals surface area contributed by atoms with E-state index in [1.54, 1.807) is 17.5 Å². The number of hydrogen-bond donors (Lipinski definition) is 1. The lowest BCUT2D eigenvalue weighted by Gasteiger charge is -2.18. The van der Waals surface area contributed by atoms with Crippen LogP contribution in [0.4, 0.5) is 0 Å². The van der Waals surface area contributed by atoms with Gasteiger partial charge in [0.15, 0.2) is 0 Å². The first kappa shape index (κ1) is 17.1. The average molecular weight is 338 g/mol. The van der Waals surface area contributed by atoms with Crippen LogP contribution in [-0.4, -0.2) is 26.4 Å². The Hall–Kier alpha value is -1.21. The van der Waals surface area contributed by atoms with Crippen LogP contribution >= 0.6 is 11.3 Å². The number of nitrogens with one attached hydrogen (secondary N) is 1. The van der Waals surface area contributed by atoms with Crippen molar-refractivity contribution in [2.24, 2.45) is 0 Å². The Kier molecular flexibility index (Phi) is 6.14. The molecule has 0 spiro atoms. The van der Waals surface area contributed by atoms with E-state index in [1.807, 2.05) is 12.1 Å². The fourth-order valence-corrected chi connectivity index (χ4v) is 4.19. The van der Waals surface area contributed by atoms with Crippen LogP contribution in [0.2, 0.25) is 0 Å². The first-order chi connectivity index (χ1) is 10.5. The van der Waals surface area contributed by atoms with Crippen molar-refractivity contribution in [2.75, 3.05) is 13.1 Å². The summed E-state index contributed by atoms with van der Waals surface area (Å²) in [4.78, 5) is 2.34. The molecule has 0 saturated carbocycles. The van der Waals surface area contributed by atoms with E-state index in [1.165, 1.54) is 16.9 Å². The van der Waals surface area contributed by atoms with E-state index in [9.17, 15) is 8.42 Å². The van der Waals surface area contributed by atoms with Crippen molar-refractivity contribution in [1.82, 2.24) is 9.62 Å². The van der Waals surface area contributed by atoms with Crippen molar-refractivity contribution >= 4 is 21.4 Å². The molecule has 0 saturated heterocycles. The summed E-state index contributed by atoms with van der Waals surface area (Å²) >= 11 is 1.22. The van der Waals surface area contributed by atoms with Crippen molar-refractivity contribution in [3.05, 3.63) is 52.9 Å². The third-order valence-electron chi connectivity index (χ3n) is 3.55. The third-order valence-corrected chi connectivity index (χ3v) is 6.35. The maximum atomic E-state index is 12.0. The molecule has 0 radical (unpaired) electrons. The Morgan fingerprint density at radius 3 is 2.23 bits per heavy atom. The van der Waals surface area contributed by atoms with Gasteiger partial charge >= 0.3 is 0 Å². The Labute approximate surface area is 136 Å². The van der Waals surface area contributed by atoms with E-state index in [4.69, 9.17) is 0 Å². The molecule has 0 fully saturated rings. The van der Waals surface area contributed by atoms with Crippen LogP contribution in [0.15, 0.2) is 46.0 Å². The molecular formula is C16H22N2O2S2. The molecule has 1 aromatic heterocycles. The maximum absolute atomic E-state index is 12.0. The van der Waals surface area contributed by atoms with Gasteiger partial charge in [-0.15, -0.1) is 11.3 Å². The van der Waals surface area contributed by atoms with Crippen LogP contribution in [0.3, 0.4) is 0 Å². The molecule has 6 heteroatoms. The van der Waals surface area contributed by atoms with Crippen LogP contribution < -0.4 is 4.72 Å². The predicted molar refractivity (Wildman–Crippen MR) is 91.4 cm³/mol. The highest BCUT2D eigenvalue weighted by Crippen LogP contribution is 2.16. The monoisotopic (exact) mass is 338 g/mol. The van der Waals surface area contributed by atoms with Gasteiger partial charge in [0.2, 0.25) is 10.0 Å². The smallest absolute Gasteiger partial charge is 0.250 e. The van der Waals surface area contributed by atoms with Crippen LogP contribution in [0.1, 0.15) is 25.0 Å². The lowest BCUT2D eigenvalue weighted by molar-refractivity contribution is 0.296. The van der Waals surface area contributed by atoms with Gasteiger partial charge in [-0.25, -0.2) is 13.1 Å². The lowest BCUT2D eigenvalue weighted by Crippen LogP contribution is -2.23. The number of benzene rings is 1. The predicted octanol–water partition coefficient (Wildman–Crippen LogP) is 3.07. The second-order valence-corrected chi connectivity index (χ2v) is 7.98. The molecule has 4 nitrogen and oxygen atoms in total. The fourth-order valence-electron chi connectivity index (χ4n) is 2.13. The van der Waals surface area contributed by atoms with E-state index < -0.39 is 10.0 Å². The second-order valence-electron chi connectivity index (χ2n) is 5.03. The molecule has 120 valence electrons. The Bertz CT molecular complexity index is 661. The Morgan fingerprint density at radius 2 is 1.68 bits per heavy atom. The molecule has 1 N–H and O–H groups in total. The van der Waals surface area contributed by atoms with E-state index in [2.05, 4.69) is 35.6 Å². The molecule has 0 unspecified atom stereocenters. The minimum atomic E-state index is -3.39. The van der Waals surface area contributed by atoms with Crippen LogP contribution in [0.25, 0.3) is 0 Å². The zero-order valence-corrected chi connectivity index (χ0v) is 14.6. The van der Waals surface area contributed by atoms with Crippen molar-refractivity contribution in [3.63, 3.8) is 0 Å². The number of hydrogen-bond acceptors (Lipinski definition) is 4. The standard InChI is InChI=1S/C16H22N2O2S2/c1-3-18(4-2)13-15-9-7-14(8-10-15)12-17-22(19,20)16-6-5-11-21-16/h5-11,17H,3-4,12-13H2,1-2H3. The molecule has 0 amide bonds. The number of nitrogens with zero attached hydrogens (tertiary/aromatic N) is 1. The molecule has 0 bridgehead atoms. The summed E-state index contributed by atoms with van der Waals surface area (Å²) in [5.74, 6) is 0. The molecule has 2 aromatic rings. The number of thiophene rings is 1. The summed E-state index contributed by atoms with van der Waals surface area (Å²) < 4.78 is 27.1. The first-order valence-corrected chi connectivity index (χ1v) is 9.74. The summed E-state index contributed by atoms with van der Waals surface area (Å²) in [6.07, 6.45) is 0. The van der Waals surface area contributed by atoms with Gasteiger partial charge in [-0.1, -0.05) is 44.2 Å². The molecule has 0 aliphatic carbocycles. The van der Waals surface area contributed by atoms with Gasteiger partial charge in [0.05, 0.1) is 0 Å². The average Bonchev–Trinajstić information content (AvgIpc) is 3.07. The highest BCUT2D eigenvalue weighted by molar-refractivity contribution is 7.91. The van der Waals surface area contributed by atoms with Crippen LogP contribution in [0, 0.1) is 0 Å². The largest absolute Gasteiger partial charge is 0.300 e. The van der Waals surface area contributed by atoms with Gasteiger partial charge in [0.1, 0.15) is 4.21 Å². The van der Waals surface area contributed by atoms with Gasteiger partial charge in [0.25, 0.3) is 0 Å². The topological polar surface area (TPSA) is 49.4 Å². The molecule has 1 aromatic carbocycles. The minimum Gasteiger partial charge on any atom is -0.300 e. The summed E-state index contributed by atoms with van der Waals surface area (Å²) in [5.41, 5.74) is 2.21. The molecule has 0 atom stereocenters. The van der Waals surface area contributed by atoms with Gasteiger partial charge in [-0.3, -0.25) is 4.90 Å². The lowest BCUT2D eigenvalue weighted by atomic mass is 10.1. The van der Waals surface area contributed by atoms with Crippen molar-refractivity contribution < 1.29 is 8.42 Å². The fraction of sp³-hybridized carbons (Fsp3) is 0.375. The maximum Gasteiger partial charge on any atom is 0.250 e. The highest BCUT2D eigenvalue weighted by Gasteiger charge is 2.14. The van der Waals surface area contributed by atoms with E-state index in [-0.39, 0.29) is 0 Å². The van der Waals surface area contributed by atoms with Gasteiger partial charge < -0.3 is 0 Å². The molecular weight excluding hydrogens is 316 g/mol. The van der Waals surface area contributed by atoms with E-state index >= 15 is 0 Å². The third kappa shape index (κ3) is 4.64. The molecule has 1 heterocycles. The van der Waals surface area contributed by atoms with Gasteiger partial charge in [-0.05, 0) is 35.7 Å². The molecule has 0 aliphatic heterocycles. The number of sulfonamides is 1. The Balaban J connectivity index is 1.94. The van der Waals surface area contributed by atoms with Gasteiger partial charge in [0, 0.05) is 13.1 Å². The summed E-state index contributed by atoms with van der Waals surface area (Å²) in [6.45, 7) is 7.59. The quantitative estimate of drug-likeness (QED) is 0.805. The SMILES string of the molecule is CCN(CC)Cc1ccc(CNS(=O)(=O)c2cccs2)cc1. The zero-order valence-electron chi connectivity index (χ0n) is 13.0. The minimum absolute atomic E-state index is 0.311. The van der Waals surface area contributed by atoms with E-state index in [0.717, 1.165) is 25.2 Å². The summed E-state index contributed by atoms with van der Waals surface area (Å²) in [6, 6.07) is 11.4. The summed E-state index contributed by atoms with van der Waals surface area (Å²) in [7, 11) is -3.39. The van der Waals surface area contributed by atoms with Crippen LogP contribution in [0.5, 0.6) is 0 Å². The van der Waals surface area contributed by atoms with Gasteiger partial charge in [-0.2, -0.15) is 0 Å². The zero-order chi connectivity index (χ0) is 16.0. The highest BCUT2D eigenvalue weighted by atomic mass is 32.2. The molecule has 2 rings (SSSR count). The second kappa shape index (κ2) is 7.87. The molecule has 22 heavy (non-hydrogen) atoms. The first-order valence-electron chi connectivity index (χ1n) is 7.38. The normalized spacial score (nSPS) is 12.0.